The summed E-state index contributed by atoms with van der Waals surface area (Å²) in [4.78, 5) is 11.4. The van der Waals surface area contributed by atoms with Crippen LogP contribution in [0.3, 0.4) is 0 Å². The van der Waals surface area contributed by atoms with E-state index in [9.17, 15) is 9.18 Å². The van der Waals surface area contributed by atoms with Gasteiger partial charge in [-0.25, -0.2) is 4.39 Å². The largest absolute Gasteiger partial charge is 0.457 e. The number of rotatable bonds is 3. The molecule has 0 fully saturated rings. The van der Waals surface area contributed by atoms with Crippen molar-refractivity contribution in [2.24, 2.45) is 0 Å². The van der Waals surface area contributed by atoms with E-state index in [1.807, 2.05) is 0 Å². The molecule has 5 heteroatoms. The third kappa shape index (κ3) is 3.32. The highest BCUT2D eigenvalue weighted by molar-refractivity contribution is 9.10. The van der Waals surface area contributed by atoms with E-state index in [1.165, 1.54) is 25.1 Å². The fourth-order valence-electron chi connectivity index (χ4n) is 1.63. The minimum atomic E-state index is -0.411. The summed E-state index contributed by atoms with van der Waals surface area (Å²) in [7, 11) is 0. The number of ether oxygens (including phenoxy) is 1. The lowest BCUT2D eigenvalue weighted by atomic mass is 10.1. The Kier molecular flexibility index (Phi) is 3.85. The summed E-state index contributed by atoms with van der Waals surface area (Å²) < 4.78 is 19.3. The summed E-state index contributed by atoms with van der Waals surface area (Å²) in [5.74, 6) is 0.207. The standard InChI is InChI=1S/C14H11BrFNO2/c1-8(18)13-7-11(2-3-14(13)17)19-12-5-9(15)4-10(16)6-12/h2-7H,17H2,1H3. The molecule has 0 atom stereocenters. The van der Waals surface area contributed by atoms with Gasteiger partial charge in [-0.1, -0.05) is 15.9 Å². The maximum atomic E-state index is 13.2. The van der Waals surface area contributed by atoms with E-state index in [4.69, 9.17) is 10.5 Å². The fraction of sp³-hybridized carbons (Fsp3) is 0.0714. The predicted octanol–water partition coefficient (Wildman–Crippen LogP) is 4.17. The van der Waals surface area contributed by atoms with E-state index in [-0.39, 0.29) is 5.78 Å². The number of benzene rings is 2. The van der Waals surface area contributed by atoms with Gasteiger partial charge in [0, 0.05) is 21.8 Å². The van der Waals surface area contributed by atoms with E-state index in [1.54, 1.807) is 18.2 Å². The van der Waals surface area contributed by atoms with Gasteiger partial charge in [0.05, 0.1) is 0 Å². The van der Waals surface area contributed by atoms with Crippen molar-refractivity contribution >= 4 is 27.4 Å². The molecule has 0 aliphatic heterocycles. The topological polar surface area (TPSA) is 52.3 Å². The summed E-state index contributed by atoms with van der Waals surface area (Å²) in [6, 6.07) is 8.97. The van der Waals surface area contributed by atoms with Crippen molar-refractivity contribution in [2.45, 2.75) is 6.92 Å². The molecular formula is C14H11BrFNO2. The van der Waals surface area contributed by atoms with Crippen molar-refractivity contribution in [3.05, 3.63) is 52.3 Å². The Morgan fingerprint density at radius 2 is 1.95 bits per heavy atom. The first-order chi connectivity index (χ1) is 8.95. The lowest BCUT2D eigenvalue weighted by Gasteiger charge is -2.09. The van der Waals surface area contributed by atoms with Gasteiger partial charge in [0.25, 0.3) is 0 Å². The zero-order chi connectivity index (χ0) is 14.0. The molecule has 2 aromatic carbocycles. The summed E-state index contributed by atoms with van der Waals surface area (Å²) in [5, 5.41) is 0. The molecule has 2 rings (SSSR count). The zero-order valence-electron chi connectivity index (χ0n) is 10.1. The number of carbonyl (C=O) groups is 1. The van der Waals surface area contributed by atoms with Gasteiger partial charge in [0.1, 0.15) is 17.3 Å². The molecule has 0 radical (unpaired) electrons. The van der Waals surface area contributed by atoms with Gasteiger partial charge in [-0.3, -0.25) is 4.79 Å². The van der Waals surface area contributed by atoms with E-state index >= 15 is 0 Å². The van der Waals surface area contributed by atoms with Crippen molar-refractivity contribution in [1.82, 2.24) is 0 Å². The van der Waals surface area contributed by atoms with Crippen LogP contribution >= 0.6 is 15.9 Å². The molecule has 0 saturated heterocycles. The second-order valence-electron chi connectivity index (χ2n) is 4.01. The quantitative estimate of drug-likeness (QED) is 0.681. The molecule has 0 saturated carbocycles. The molecule has 0 heterocycles. The Labute approximate surface area is 118 Å². The summed E-state index contributed by atoms with van der Waals surface area (Å²) in [6.45, 7) is 1.42. The average Bonchev–Trinajstić information content (AvgIpc) is 2.30. The summed E-state index contributed by atoms with van der Waals surface area (Å²) in [5.41, 5.74) is 6.46. The van der Waals surface area contributed by atoms with Crippen molar-refractivity contribution < 1.29 is 13.9 Å². The van der Waals surface area contributed by atoms with E-state index in [2.05, 4.69) is 15.9 Å². The highest BCUT2D eigenvalue weighted by atomic mass is 79.9. The number of anilines is 1. The smallest absolute Gasteiger partial charge is 0.162 e. The number of hydrogen-bond acceptors (Lipinski definition) is 3. The van der Waals surface area contributed by atoms with Crippen LogP contribution in [0.2, 0.25) is 0 Å². The first-order valence-electron chi connectivity index (χ1n) is 5.50. The minimum Gasteiger partial charge on any atom is -0.457 e. The molecule has 0 amide bonds. The summed E-state index contributed by atoms with van der Waals surface area (Å²) >= 11 is 3.18. The molecule has 0 bridgehead atoms. The highest BCUT2D eigenvalue weighted by Crippen LogP contribution is 2.28. The van der Waals surface area contributed by atoms with Crippen molar-refractivity contribution in [3.63, 3.8) is 0 Å². The third-order valence-electron chi connectivity index (χ3n) is 2.48. The molecule has 3 nitrogen and oxygen atoms in total. The van der Waals surface area contributed by atoms with Crippen molar-refractivity contribution in [1.29, 1.82) is 0 Å². The first kappa shape index (κ1) is 13.5. The van der Waals surface area contributed by atoms with E-state index in [0.29, 0.717) is 27.2 Å². The van der Waals surface area contributed by atoms with Crippen LogP contribution in [0.15, 0.2) is 40.9 Å². The van der Waals surface area contributed by atoms with E-state index < -0.39 is 5.82 Å². The van der Waals surface area contributed by atoms with Crippen LogP contribution in [-0.4, -0.2) is 5.78 Å². The van der Waals surface area contributed by atoms with Crippen molar-refractivity contribution in [3.8, 4) is 11.5 Å². The average molecular weight is 324 g/mol. The van der Waals surface area contributed by atoms with Gasteiger partial charge in [-0.05, 0) is 37.3 Å². The van der Waals surface area contributed by atoms with Gasteiger partial charge in [-0.15, -0.1) is 0 Å². The van der Waals surface area contributed by atoms with Crippen LogP contribution < -0.4 is 10.5 Å². The molecule has 0 aromatic heterocycles. The molecule has 2 aromatic rings. The van der Waals surface area contributed by atoms with Gasteiger partial charge in [0.2, 0.25) is 0 Å². The maximum absolute atomic E-state index is 13.2. The van der Waals surface area contributed by atoms with Crippen molar-refractivity contribution in [2.75, 3.05) is 5.73 Å². The highest BCUT2D eigenvalue weighted by Gasteiger charge is 2.08. The minimum absolute atomic E-state index is 0.150. The molecule has 19 heavy (non-hydrogen) atoms. The number of hydrogen-bond donors (Lipinski definition) is 1. The van der Waals surface area contributed by atoms with Crippen LogP contribution in [0.1, 0.15) is 17.3 Å². The van der Waals surface area contributed by atoms with Gasteiger partial charge >= 0.3 is 0 Å². The van der Waals surface area contributed by atoms with Crippen LogP contribution in [-0.2, 0) is 0 Å². The lowest BCUT2D eigenvalue weighted by Crippen LogP contribution is -1.99. The van der Waals surface area contributed by atoms with Crippen LogP contribution in [0.25, 0.3) is 0 Å². The third-order valence-corrected chi connectivity index (χ3v) is 2.93. The number of carbonyl (C=O) groups excluding carboxylic acids is 1. The molecule has 0 aliphatic rings. The van der Waals surface area contributed by atoms with Gasteiger partial charge in [0.15, 0.2) is 5.78 Å². The Hall–Kier alpha value is -1.88. The Balaban J connectivity index is 2.33. The maximum Gasteiger partial charge on any atom is 0.162 e. The second-order valence-corrected chi connectivity index (χ2v) is 4.93. The molecule has 0 unspecified atom stereocenters. The lowest BCUT2D eigenvalue weighted by molar-refractivity contribution is 0.101. The first-order valence-corrected chi connectivity index (χ1v) is 6.29. The molecule has 0 aliphatic carbocycles. The van der Waals surface area contributed by atoms with Crippen LogP contribution in [0, 0.1) is 5.82 Å². The van der Waals surface area contributed by atoms with Gasteiger partial charge < -0.3 is 10.5 Å². The fourth-order valence-corrected chi connectivity index (χ4v) is 2.07. The Bertz CT molecular complexity index is 623. The Morgan fingerprint density at radius 3 is 2.58 bits per heavy atom. The SMILES string of the molecule is CC(=O)c1cc(Oc2cc(F)cc(Br)c2)ccc1N. The molecule has 2 N–H and O–H groups in total. The van der Waals surface area contributed by atoms with Crippen LogP contribution in [0.5, 0.6) is 11.5 Å². The molecule has 0 spiro atoms. The second kappa shape index (κ2) is 5.40. The molecule has 98 valence electrons. The Morgan fingerprint density at radius 1 is 1.21 bits per heavy atom. The number of Topliss-reactive ketones (excluding diaryl/α,β-unsaturated/α-hetero) is 1. The van der Waals surface area contributed by atoms with E-state index in [0.717, 1.165) is 0 Å². The number of nitrogen functional groups attached to an aromatic ring is 1. The van der Waals surface area contributed by atoms with Gasteiger partial charge in [-0.2, -0.15) is 0 Å². The predicted molar refractivity (Wildman–Crippen MR) is 75.0 cm³/mol. The number of ketones is 1. The monoisotopic (exact) mass is 323 g/mol. The molecular weight excluding hydrogens is 313 g/mol. The number of halogens is 2. The summed E-state index contributed by atoms with van der Waals surface area (Å²) in [6.07, 6.45) is 0. The zero-order valence-corrected chi connectivity index (χ0v) is 11.7. The number of nitrogens with two attached hydrogens (primary N) is 1. The normalized spacial score (nSPS) is 10.3. The van der Waals surface area contributed by atoms with Crippen LogP contribution in [0.4, 0.5) is 10.1 Å².